The van der Waals surface area contributed by atoms with Gasteiger partial charge in [-0.1, -0.05) is 37.3 Å². The van der Waals surface area contributed by atoms with Crippen molar-refractivity contribution in [2.45, 2.75) is 26.3 Å². The predicted octanol–water partition coefficient (Wildman–Crippen LogP) is 2.80. The molecule has 0 unspecified atom stereocenters. The predicted molar refractivity (Wildman–Crippen MR) is 87.7 cm³/mol. The van der Waals surface area contributed by atoms with Gasteiger partial charge in [-0.25, -0.2) is 4.98 Å². The van der Waals surface area contributed by atoms with E-state index in [1.807, 2.05) is 0 Å². The molecule has 0 spiro atoms. The van der Waals surface area contributed by atoms with Gasteiger partial charge in [-0.2, -0.15) is 0 Å². The molecule has 0 radical (unpaired) electrons. The Balaban J connectivity index is 1.73. The summed E-state index contributed by atoms with van der Waals surface area (Å²) in [5.41, 5.74) is 4.10. The van der Waals surface area contributed by atoms with Gasteiger partial charge in [0.2, 0.25) is 0 Å². The second-order valence-electron chi connectivity index (χ2n) is 5.52. The van der Waals surface area contributed by atoms with Crippen LogP contribution in [0.1, 0.15) is 23.7 Å². The Labute approximate surface area is 127 Å². The molecule has 1 N–H and O–H groups in total. The average Bonchev–Trinajstić information content (AvgIpc) is 2.76. The molecule has 3 heteroatoms. The van der Waals surface area contributed by atoms with E-state index in [1.54, 1.807) is 0 Å². The van der Waals surface area contributed by atoms with Crippen molar-refractivity contribution in [3.8, 4) is 0 Å². The molecule has 1 aromatic heterocycles. The van der Waals surface area contributed by atoms with E-state index in [2.05, 4.69) is 59.6 Å². The molecule has 0 aliphatic carbocycles. The standard InChI is InChI=1S/C18H23N3/c1-2-19-14-17-8-5-9-18(20-17)21-12-10-15-6-3-4-7-16(15)11-13-21/h3-9,19H,2,10-14H2,1H3. The Morgan fingerprint density at radius 2 is 1.71 bits per heavy atom. The zero-order valence-corrected chi connectivity index (χ0v) is 12.7. The topological polar surface area (TPSA) is 28.2 Å². The second-order valence-corrected chi connectivity index (χ2v) is 5.52. The highest BCUT2D eigenvalue weighted by Crippen LogP contribution is 2.19. The number of fused-ring (bicyclic) bond motifs is 1. The van der Waals surface area contributed by atoms with Crippen molar-refractivity contribution in [2.75, 3.05) is 24.5 Å². The van der Waals surface area contributed by atoms with Crippen LogP contribution in [-0.2, 0) is 19.4 Å². The first kappa shape index (κ1) is 14.1. The van der Waals surface area contributed by atoms with Gasteiger partial charge in [0, 0.05) is 19.6 Å². The molecule has 3 nitrogen and oxygen atoms in total. The van der Waals surface area contributed by atoms with Crippen molar-refractivity contribution in [3.05, 3.63) is 59.3 Å². The summed E-state index contributed by atoms with van der Waals surface area (Å²) in [6.07, 6.45) is 2.21. The van der Waals surface area contributed by atoms with E-state index >= 15 is 0 Å². The van der Waals surface area contributed by atoms with Gasteiger partial charge >= 0.3 is 0 Å². The molecular weight excluding hydrogens is 258 g/mol. The van der Waals surface area contributed by atoms with Crippen LogP contribution in [-0.4, -0.2) is 24.6 Å². The van der Waals surface area contributed by atoms with E-state index in [4.69, 9.17) is 4.98 Å². The van der Waals surface area contributed by atoms with Crippen LogP contribution >= 0.6 is 0 Å². The Bertz CT molecular complexity index is 568. The second kappa shape index (κ2) is 6.72. The number of nitrogens with one attached hydrogen (secondary N) is 1. The number of nitrogens with zero attached hydrogens (tertiary/aromatic N) is 2. The van der Waals surface area contributed by atoms with Gasteiger partial charge in [-0.15, -0.1) is 0 Å². The Morgan fingerprint density at radius 3 is 2.38 bits per heavy atom. The summed E-state index contributed by atoms with van der Waals surface area (Å²) in [5, 5.41) is 3.34. The zero-order chi connectivity index (χ0) is 14.5. The van der Waals surface area contributed by atoms with Crippen molar-refractivity contribution < 1.29 is 0 Å². The maximum atomic E-state index is 4.80. The van der Waals surface area contributed by atoms with Gasteiger partial charge in [0.25, 0.3) is 0 Å². The van der Waals surface area contributed by atoms with Crippen LogP contribution in [0.5, 0.6) is 0 Å². The molecule has 1 aromatic carbocycles. The summed E-state index contributed by atoms with van der Waals surface area (Å²) >= 11 is 0. The number of anilines is 1. The van der Waals surface area contributed by atoms with Crippen LogP contribution < -0.4 is 10.2 Å². The van der Waals surface area contributed by atoms with E-state index in [1.165, 1.54) is 11.1 Å². The first-order valence-electron chi connectivity index (χ1n) is 7.85. The van der Waals surface area contributed by atoms with Crippen LogP contribution in [0.2, 0.25) is 0 Å². The molecule has 0 saturated heterocycles. The first-order valence-corrected chi connectivity index (χ1v) is 7.85. The number of benzene rings is 1. The minimum Gasteiger partial charge on any atom is -0.356 e. The fourth-order valence-electron chi connectivity index (χ4n) is 2.89. The molecule has 0 saturated carbocycles. The largest absolute Gasteiger partial charge is 0.356 e. The lowest BCUT2D eigenvalue weighted by Gasteiger charge is -2.22. The molecule has 3 rings (SSSR count). The van der Waals surface area contributed by atoms with Crippen molar-refractivity contribution in [2.24, 2.45) is 0 Å². The lowest BCUT2D eigenvalue weighted by atomic mass is 10.0. The smallest absolute Gasteiger partial charge is 0.128 e. The summed E-state index contributed by atoms with van der Waals surface area (Å²) in [6, 6.07) is 15.1. The quantitative estimate of drug-likeness (QED) is 0.934. The molecule has 0 fully saturated rings. The average molecular weight is 281 g/mol. The Kier molecular flexibility index (Phi) is 4.51. The molecule has 0 amide bonds. The normalized spacial score (nSPS) is 14.6. The van der Waals surface area contributed by atoms with E-state index < -0.39 is 0 Å². The monoisotopic (exact) mass is 281 g/mol. The number of aromatic nitrogens is 1. The number of hydrogen-bond acceptors (Lipinski definition) is 3. The van der Waals surface area contributed by atoms with Gasteiger partial charge in [-0.05, 0) is 42.6 Å². The Morgan fingerprint density at radius 1 is 1.00 bits per heavy atom. The summed E-state index contributed by atoms with van der Waals surface area (Å²) in [7, 11) is 0. The van der Waals surface area contributed by atoms with Crippen molar-refractivity contribution in [3.63, 3.8) is 0 Å². The highest BCUT2D eigenvalue weighted by Gasteiger charge is 2.14. The third-order valence-corrected chi connectivity index (χ3v) is 4.09. The molecule has 1 aliphatic rings. The lowest BCUT2D eigenvalue weighted by molar-refractivity contribution is 0.705. The molecule has 0 atom stereocenters. The SMILES string of the molecule is CCNCc1cccc(N2CCc3ccccc3CC2)n1. The minimum atomic E-state index is 0.846. The zero-order valence-electron chi connectivity index (χ0n) is 12.7. The van der Waals surface area contributed by atoms with Crippen molar-refractivity contribution in [1.82, 2.24) is 10.3 Å². The van der Waals surface area contributed by atoms with Crippen molar-refractivity contribution >= 4 is 5.82 Å². The maximum Gasteiger partial charge on any atom is 0.128 e. The van der Waals surface area contributed by atoms with Gasteiger partial charge in [0.15, 0.2) is 0 Å². The van der Waals surface area contributed by atoms with E-state index in [0.29, 0.717) is 0 Å². The fourth-order valence-corrected chi connectivity index (χ4v) is 2.89. The van der Waals surface area contributed by atoms with E-state index in [-0.39, 0.29) is 0 Å². The fraction of sp³-hybridized carbons (Fsp3) is 0.389. The maximum absolute atomic E-state index is 4.80. The minimum absolute atomic E-state index is 0.846. The molecule has 1 aliphatic heterocycles. The van der Waals surface area contributed by atoms with Crippen LogP contribution in [0.25, 0.3) is 0 Å². The summed E-state index contributed by atoms with van der Waals surface area (Å²) in [4.78, 5) is 7.21. The van der Waals surface area contributed by atoms with E-state index in [0.717, 1.165) is 50.5 Å². The van der Waals surface area contributed by atoms with Crippen LogP contribution in [0.4, 0.5) is 5.82 Å². The lowest BCUT2D eigenvalue weighted by Crippen LogP contribution is -2.27. The third-order valence-electron chi connectivity index (χ3n) is 4.09. The van der Waals surface area contributed by atoms with Gasteiger partial charge in [-0.3, -0.25) is 0 Å². The summed E-state index contributed by atoms with van der Waals surface area (Å²) in [5.74, 6) is 1.11. The van der Waals surface area contributed by atoms with Crippen molar-refractivity contribution in [1.29, 1.82) is 0 Å². The van der Waals surface area contributed by atoms with Crippen LogP contribution in [0, 0.1) is 0 Å². The molecule has 21 heavy (non-hydrogen) atoms. The molecule has 2 heterocycles. The van der Waals surface area contributed by atoms with Gasteiger partial charge in [0.05, 0.1) is 5.69 Å². The molecule has 0 bridgehead atoms. The molecule has 2 aromatic rings. The molecular formula is C18H23N3. The van der Waals surface area contributed by atoms with Crippen LogP contribution in [0.3, 0.4) is 0 Å². The Hall–Kier alpha value is -1.87. The number of hydrogen-bond donors (Lipinski definition) is 1. The van der Waals surface area contributed by atoms with Gasteiger partial charge < -0.3 is 10.2 Å². The number of pyridine rings is 1. The summed E-state index contributed by atoms with van der Waals surface area (Å²) in [6.45, 7) is 6.04. The number of rotatable bonds is 4. The highest BCUT2D eigenvalue weighted by atomic mass is 15.2. The summed E-state index contributed by atoms with van der Waals surface area (Å²) < 4.78 is 0. The van der Waals surface area contributed by atoms with E-state index in [9.17, 15) is 0 Å². The highest BCUT2D eigenvalue weighted by molar-refractivity contribution is 5.42. The third kappa shape index (κ3) is 3.42. The van der Waals surface area contributed by atoms with Crippen LogP contribution in [0.15, 0.2) is 42.5 Å². The molecule has 110 valence electrons. The van der Waals surface area contributed by atoms with Gasteiger partial charge in [0.1, 0.15) is 5.82 Å². The first-order chi connectivity index (χ1) is 10.4.